The van der Waals surface area contributed by atoms with Crippen molar-refractivity contribution in [3.05, 3.63) is 24.2 Å². The Morgan fingerprint density at radius 3 is 2.67 bits per heavy atom. The van der Waals surface area contributed by atoms with Gasteiger partial charge in [-0.15, -0.1) is 0 Å². The fourth-order valence-electron chi connectivity index (χ4n) is 3.55. The van der Waals surface area contributed by atoms with Crippen LogP contribution in [0.2, 0.25) is 0 Å². The highest BCUT2D eigenvalue weighted by molar-refractivity contribution is 5.03. The predicted octanol–water partition coefficient (Wildman–Crippen LogP) is 4.46. The summed E-state index contributed by atoms with van der Waals surface area (Å²) in [6.07, 6.45) is 5.05. The molecule has 0 aromatic carbocycles. The van der Waals surface area contributed by atoms with Gasteiger partial charge in [0.1, 0.15) is 5.76 Å². The first-order valence-corrected chi connectivity index (χ1v) is 8.11. The molecule has 1 fully saturated rings. The molecule has 1 aromatic rings. The zero-order valence-electron chi connectivity index (χ0n) is 13.8. The van der Waals surface area contributed by atoms with Crippen LogP contribution in [0.4, 0.5) is 0 Å². The van der Waals surface area contributed by atoms with Gasteiger partial charge in [0, 0.05) is 6.04 Å². The number of furan rings is 1. The van der Waals surface area contributed by atoms with Crippen molar-refractivity contribution in [2.75, 3.05) is 6.54 Å². The van der Waals surface area contributed by atoms with Crippen LogP contribution in [0.25, 0.3) is 0 Å². The lowest BCUT2D eigenvalue weighted by Crippen LogP contribution is -2.45. The largest absolute Gasteiger partial charge is 0.468 e. The second-order valence-corrected chi connectivity index (χ2v) is 7.32. The predicted molar refractivity (Wildman–Crippen MR) is 84.5 cm³/mol. The van der Waals surface area contributed by atoms with Crippen LogP contribution in [-0.2, 0) is 6.54 Å². The quantitative estimate of drug-likeness (QED) is 0.821. The lowest BCUT2D eigenvalue weighted by atomic mass is 9.68. The monoisotopic (exact) mass is 288 g/mol. The molecule has 0 amide bonds. The van der Waals surface area contributed by atoms with E-state index in [0.717, 1.165) is 31.7 Å². The van der Waals surface area contributed by atoms with Gasteiger partial charge in [-0.2, -0.15) is 5.26 Å². The molecule has 0 bridgehead atoms. The Morgan fingerprint density at radius 2 is 2.14 bits per heavy atom. The van der Waals surface area contributed by atoms with Gasteiger partial charge in [-0.3, -0.25) is 4.90 Å². The van der Waals surface area contributed by atoms with Crippen LogP contribution in [0, 0.1) is 28.6 Å². The second kappa shape index (κ2) is 6.66. The summed E-state index contributed by atoms with van der Waals surface area (Å²) in [6.45, 7) is 10.9. The highest BCUT2D eigenvalue weighted by atomic mass is 16.3. The average molecular weight is 288 g/mol. The Labute approximate surface area is 128 Å². The number of rotatable bonds is 4. The molecule has 1 heterocycles. The van der Waals surface area contributed by atoms with Gasteiger partial charge in [0.2, 0.25) is 0 Å². The van der Waals surface area contributed by atoms with Gasteiger partial charge in [-0.25, -0.2) is 0 Å². The van der Waals surface area contributed by atoms with Crippen molar-refractivity contribution < 1.29 is 4.42 Å². The Balaban J connectivity index is 2.13. The summed E-state index contributed by atoms with van der Waals surface area (Å²) in [6, 6.07) is 6.85. The number of hydrogen-bond donors (Lipinski definition) is 0. The highest BCUT2D eigenvalue weighted by Crippen LogP contribution is 2.41. The third kappa shape index (κ3) is 3.89. The maximum atomic E-state index is 9.52. The van der Waals surface area contributed by atoms with E-state index in [0.29, 0.717) is 17.4 Å². The minimum absolute atomic E-state index is 0.151. The summed E-state index contributed by atoms with van der Waals surface area (Å²) in [5, 5.41) is 9.52. The average Bonchev–Trinajstić information content (AvgIpc) is 2.96. The molecular formula is C18H28N2O. The first-order valence-electron chi connectivity index (χ1n) is 8.11. The molecule has 1 aromatic heterocycles. The summed E-state index contributed by atoms with van der Waals surface area (Å²) in [5.41, 5.74) is 0.322. The number of hydrogen-bond acceptors (Lipinski definition) is 3. The molecule has 116 valence electrons. The fourth-order valence-corrected chi connectivity index (χ4v) is 3.55. The molecule has 1 aliphatic rings. The summed E-state index contributed by atoms with van der Waals surface area (Å²) in [5.74, 6) is 1.84. The molecule has 3 atom stereocenters. The van der Waals surface area contributed by atoms with Gasteiger partial charge in [-0.1, -0.05) is 27.7 Å². The van der Waals surface area contributed by atoms with Crippen LogP contribution < -0.4 is 0 Å². The number of nitriles is 1. The maximum Gasteiger partial charge on any atom is 0.117 e. The third-order valence-electron chi connectivity index (χ3n) is 5.02. The molecule has 0 saturated heterocycles. The minimum Gasteiger partial charge on any atom is -0.468 e. The second-order valence-electron chi connectivity index (χ2n) is 7.32. The Bertz CT molecular complexity index is 466. The maximum absolute atomic E-state index is 9.52. The van der Waals surface area contributed by atoms with E-state index in [4.69, 9.17) is 4.42 Å². The molecule has 0 radical (unpaired) electrons. The summed E-state index contributed by atoms with van der Waals surface area (Å²) in [7, 11) is 0. The first-order chi connectivity index (χ1) is 9.95. The lowest BCUT2D eigenvalue weighted by molar-refractivity contribution is 0.0551. The van der Waals surface area contributed by atoms with Crippen LogP contribution in [0.15, 0.2) is 22.8 Å². The number of nitrogens with zero attached hydrogens (tertiary/aromatic N) is 2. The van der Waals surface area contributed by atoms with E-state index < -0.39 is 0 Å². The van der Waals surface area contributed by atoms with Crippen molar-refractivity contribution in [1.29, 1.82) is 5.26 Å². The van der Waals surface area contributed by atoms with Crippen LogP contribution >= 0.6 is 0 Å². The van der Waals surface area contributed by atoms with Crippen LogP contribution in [0.5, 0.6) is 0 Å². The van der Waals surface area contributed by atoms with Crippen molar-refractivity contribution in [2.24, 2.45) is 17.3 Å². The molecule has 3 nitrogen and oxygen atoms in total. The summed E-state index contributed by atoms with van der Waals surface area (Å²) < 4.78 is 5.50. The minimum atomic E-state index is 0.151. The Morgan fingerprint density at radius 1 is 1.38 bits per heavy atom. The van der Waals surface area contributed by atoms with Crippen LogP contribution in [0.3, 0.4) is 0 Å². The molecule has 3 unspecified atom stereocenters. The van der Waals surface area contributed by atoms with E-state index in [1.807, 2.05) is 12.1 Å². The molecule has 2 rings (SSSR count). The molecule has 1 aliphatic carbocycles. The van der Waals surface area contributed by atoms with Gasteiger partial charge in [-0.05, 0) is 49.3 Å². The fraction of sp³-hybridized carbons (Fsp3) is 0.722. The van der Waals surface area contributed by atoms with Gasteiger partial charge in [0.25, 0.3) is 0 Å². The van der Waals surface area contributed by atoms with E-state index in [1.54, 1.807) is 6.26 Å². The van der Waals surface area contributed by atoms with E-state index in [9.17, 15) is 5.26 Å². The standard InChI is InChI=1S/C18H28N2O/c1-5-20(13-16-7-6-10-21-16)17-11-15(18(2,3)4)9-8-14(17)12-19/h6-7,10,14-15,17H,5,8-9,11,13H2,1-4H3. The van der Waals surface area contributed by atoms with Crippen molar-refractivity contribution in [1.82, 2.24) is 4.90 Å². The first kappa shape index (κ1) is 16.1. The van der Waals surface area contributed by atoms with Crippen molar-refractivity contribution in [3.63, 3.8) is 0 Å². The molecule has 0 N–H and O–H groups in total. The van der Waals surface area contributed by atoms with Crippen LogP contribution in [-0.4, -0.2) is 17.5 Å². The topological polar surface area (TPSA) is 40.2 Å². The zero-order valence-corrected chi connectivity index (χ0v) is 13.8. The van der Waals surface area contributed by atoms with Gasteiger partial charge >= 0.3 is 0 Å². The lowest BCUT2D eigenvalue weighted by Gasteiger charge is -2.44. The molecule has 0 aliphatic heterocycles. The van der Waals surface area contributed by atoms with Crippen molar-refractivity contribution in [3.8, 4) is 6.07 Å². The zero-order chi connectivity index (χ0) is 15.5. The van der Waals surface area contributed by atoms with E-state index >= 15 is 0 Å². The highest BCUT2D eigenvalue weighted by Gasteiger charge is 2.38. The van der Waals surface area contributed by atoms with Gasteiger partial charge < -0.3 is 4.42 Å². The normalized spacial score (nSPS) is 26.8. The molecule has 3 heteroatoms. The third-order valence-corrected chi connectivity index (χ3v) is 5.02. The summed E-state index contributed by atoms with van der Waals surface area (Å²) in [4.78, 5) is 2.42. The van der Waals surface area contributed by atoms with E-state index in [1.165, 1.54) is 6.42 Å². The van der Waals surface area contributed by atoms with Gasteiger partial charge in [0.15, 0.2) is 0 Å². The summed E-state index contributed by atoms with van der Waals surface area (Å²) >= 11 is 0. The smallest absolute Gasteiger partial charge is 0.117 e. The molecular weight excluding hydrogens is 260 g/mol. The van der Waals surface area contributed by atoms with Gasteiger partial charge in [0.05, 0.1) is 24.8 Å². The SMILES string of the molecule is CCN(Cc1ccco1)C1CC(C(C)(C)C)CCC1C#N. The molecule has 0 spiro atoms. The Kier molecular flexibility index (Phi) is 5.11. The van der Waals surface area contributed by atoms with E-state index in [-0.39, 0.29) is 5.92 Å². The molecule has 1 saturated carbocycles. The Hall–Kier alpha value is -1.27. The van der Waals surface area contributed by atoms with Crippen LogP contribution in [0.1, 0.15) is 52.7 Å². The van der Waals surface area contributed by atoms with Crippen molar-refractivity contribution >= 4 is 0 Å². The van der Waals surface area contributed by atoms with E-state index in [2.05, 4.69) is 38.7 Å². The van der Waals surface area contributed by atoms with Crippen molar-refractivity contribution in [2.45, 2.75) is 59.5 Å². The molecule has 21 heavy (non-hydrogen) atoms.